The van der Waals surface area contributed by atoms with Gasteiger partial charge in [0, 0.05) is 12.1 Å². The number of alkyl carbamates (subject to hydrolysis) is 1. The van der Waals surface area contributed by atoms with E-state index in [1.54, 1.807) is 6.07 Å². The van der Waals surface area contributed by atoms with Crippen molar-refractivity contribution in [3.8, 4) is 16.9 Å². The van der Waals surface area contributed by atoms with Crippen molar-refractivity contribution in [1.82, 2.24) is 10.2 Å². The molecule has 3 fully saturated rings. The standard InChI is InChI=1S/C28H35FN2O3/c1-17(2)33-21-7-5-18(6-8-21)22-13-20-15-28(3,4)26(23(20)14-24(22)29)30-27(32)34-25-16-31-11-9-19(25)10-12-31/h5-8,13-14,17,19,25-26H,9-12,15-16H2,1-4H3,(H,30,32)/t25-,26+/m1/s1. The van der Waals surface area contributed by atoms with E-state index in [0.717, 1.165) is 61.3 Å². The fourth-order valence-corrected chi connectivity index (χ4v) is 5.88. The van der Waals surface area contributed by atoms with Crippen LogP contribution in [0.3, 0.4) is 0 Å². The summed E-state index contributed by atoms with van der Waals surface area (Å²) in [6.45, 7) is 11.2. The van der Waals surface area contributed by atoms with Crippen molar-refractivity contribution in [2.24, 2.45) is 11.3 Å². The molecule has 1 amide bonds. The normalized spacial score (nSPS) is 26.9. The number of carbonyl (C=O) groups is 1. The minimum absolute atomic E-state index is 0.0479. The molecule has 2 aromatic rings. The number of piperidine rings is 3. The number of ether oxygens (including phenoxy) is 2. The number of nitrogens with zero attached hydrogens (tertiary/aromatic N) is 1. The monoisotopic (exact) mass is 466 g/mol. The first kappa shape index (κ1) is 23.2. The van der Waals surface area contributed by atoms with Crippen molar-refractivity contribution in [3.63, 3.8) is 0 Å². The summed E-state index contributed by atoms with van der Waals surface area (Å²) >= 11 is 0. The predicted molar refractivity (Wildman–Crippen MR) is 130 cm³/mol. The molecular formula is C28H35FN2O3. The Kier molecular flexibility index (Phi) is 6.05. The molecule has 6 heteroatoms. The number of fused-ring (bicyclic) bond motifs is 4. The van der Waals surface area contributed by atoms with Gasteiger partial charge in [0.25, 0.3) is 0 Å². The van der Waals surface area contributed by atoms with Crippen LogP contribution >= 0.6 is 0 Å². The van der Waals surface area contributed by atoms with Gasteiger partial charge in [-0.05, 0) is 98.5 Å². The molecule has 3 aliphatic heterocycles. The smallest absolute Gasteiger partial charge is 0.407 e. The molecule has 6 rings (SSSR count). The second-order valence-electron chi connectivity index (χ2n) is 11.0. The molecule has 0 saturated carbocycles. The number of rotatable bonds is 5. The Morgan fingerprint density at radius 1 is 1.15 bits per heavy atom. The van der Waals surface area contributed by atoms with Crippen molar-refractivity contribution >= 4 is 6.09 Å². The number of amides is 1. The Balaban J connectivity index is 1.33. The summed E-state index contributed by atoms with van der Waals surface area (Å²) < 4.78 is 26.9. The van der Waals surface area contributed by atoms with Crippen LogP contribution in [-0.4, -0.2) is 42.8 Å². The maximum absolute atomic E-state index is 15.3. The van der Waals surface area contributed by atoms with Gasteiger partial charge in [-0.2, -0.15) is 0 Å². The Bertz CT molecular complexity index is 1060. The lowest BCUT2D eigenvalue weighted by atomic mass is 9.85. The highest BCUT2D eigenvalue weighted by molar-refractivity contribution is 5.70. The molecule has 1 N–H and O–H groups in total. The quantitative estimate of drug-likeness (QED) is 0.612. The predicted octanol–water partition coefficient (Wildman–Crippen LogP) is 5.72. The summed E-state index contributed by atoms with van der Waals surface area (Å²) in [6.07, 6.45) is 2.59. The van der Waals surface area contributed by atoms with Crippen LogP contribution in [0.2, 0.25) is 0 Å². The molecule has 0 unspecified atom stereocenters. The maximum atomic E-state index is 15.3. The highest BCUT2D eigenvalue weighted by Gasteiger charge is 2.42. The van der Waals surface area contributed by atoms with Crippen LogP contribution in [0.4, 0.5) is 9.18 Å². The number of benzene rings is 2. The van der Waals surface area contributed by atoms with Gasteiger partial charge in [0.15, 0.2) is 0 Å². The van der Waals surface area contributed by atoms with E-state index in [-0.39, 0.29) is 29.5 Å². The summed E-state index contributed by atoms with van der Waals surface area (Å²) in [4.78, 5) is 15.2. The molecule has 5 nitrogen and oxygen atoms in total. The number of halogens is 1. The largest absolute Gasteiger partial charge is 0.491 e. The van der Waals surface area contributed by atoms with Crippen LogP contribution in [0.15, 0.2) is 36.4 Å². The zero-order chi connectivity index (χ0) is 24.0. The van der Waals surface area contributed by atoms with Gasteiger partial charge >= 0.3 is 6.09 Å². The molecule has 1 aliphatic carbocycles. The zero-order valence-corrected chi connectivity index (χ0v) is 20.6. The number of hydrogen-bond donors (Lipinski definition) is 1. The van der Waals surface area contributed by atoms with E-state index in [9.17, 15) is 4.79 Å². The molecule has 2 aromatic carbocycles. The molecule has 4 aliphatic rings. The topological polar surface area (TPSA) is 50.8 Å². The third kappa shape index (κ3) is 4.52. The number of hydrogen-bond acceptors (Lipinski definition) is 4. The second-order valence-corrected chi connectivity index (χ2v) is 11.0. The molecule has 0 radical (unpaired) electrons. The van der Waals surface area contributed by atoms with Crippen LogP contribution in [0, 0.1) is 17.2 Å². The molecule has 0 spiro atoms. The van der Waals surface area contributed by atoms with Gasteiger partial charge in [0.2, 0.25) is 0 Å². The van der Waals surface area contributed by atoms with Gasteiger partial charge in [0.05, 0.1) is 12.1 Å². The van der Waals surface area contributed by atoms with Crippen molar-refractivity contribution in [2.75, 3.05) is 19.6 Å². The second kappa shape index (κ2) is 8.88. The van der Waals surface area contributed by atoms with Gasteiger partial charge in [-0.25, -0.2) is 9.18 Å². The van der Waals surface area contributed by atoms with Crippen LogP contribution in [0.1, 0.15) is 57.7 Å². The van der Waals surface area contributed by atoms with Gasteiger partial charge in [-0.15, -0.1) is 0 Å². The van der Waals surface area contributed by atoms with Crippen LogP contribution < -0.4 is 10.1 Å². The fourth-order valence-electron chi connectivity index (χ4n) is 5.88. The van der Waals surface area contributed by atoms with Gasteiger partial charge in [-0.3, -0.25) is 4.90 Å². The van der Waals surface area contributed by atoms with Gasteiger partial charge < -0.3 is 14.8 Å². The van der Waals surface area contributed by atoms with E-state index in [1.165, 1.54) is 0 Å². The molecule has 0 aromatic heterocycles. The summed E-state index contributed by atoms with van der Waals surface area (Å²) in [7, 11) is 0. The van der Waals surface area contributed by atoms with Crippen molar-refractivity contribution in [2.45, 2.75) is 65.2 Å². The maximum Gasteiger partial charge on any atom is 0.407 e. The lowest BCUT2D eigenvalue weighted by Gasteiger charge is -2.44. The van der Waals surface area contributed by atoms with Crippen molar-refractivity contribution in [3.05, 3.63) is 53.3 Å². The van der Waals surface area contributed by atoms with E-state index < -0.39 is 6.09 Å². The van der Waals surface area contributed by atoms with Gasteiger partial charge in [0.1, 0.15) is 17.7 Å². The first-order valence-corrected chi connectivity index (χ1v) is 12.5. The van der Waals surface area contributed by atoms with Gasteiger partial charge in [-0.1, -0.05) is 26.0 Å². The summed E-state index contributed by atoms with van der Waals surface area (Å²) in [5.41, 5.74) is 3.05. The SMILES string of the molecule is CC(C)Oc1ccc(-c2cc3c(cc2F)[C@H](NC(=O)O[C@@H]2CN4CCC2CC4)C(C)(C)C3)cc1. The Hall–Kier alpha value is -2.60. The first-order chi connectivity index (χ1) is 16.2. The molecule has 2 atom stereocenters. The Morgan fingerprint density at radius 2 is 1.85 bits per heavy atom. The molecule has 182 valence electrons. The summed E-state index contributed by atoms with van der Waals surface area (Å²) in [5.74, 6) is 0.940. The number of nitrogens with one attached hydrogen (secondary N) is 1. The molecule has 3 heterocycles. The average Bonchev–Trinajstić information content (AvgIpc) is 3.03. The zero-order valence-electron chi connectivity index (χ0n) is 20.6. The lowest BCUT2D eigenvalue weighted by molar-refractivity contribution is -0.0349. The molecule has 34 heavy (non-hydrogen) atoms. The average molecular weight is 467 g/mol. The van der Waals surface area contributed by atoms with Crippen LogP contribution in [-0.2, 0) is 11.2 Å². The molecule has 3 saturated heterocycles. The third-order valence-corrected chi connectivity index (χ3v) is 7.62. The highest BCUT2D eigenvalue weighted by atomic mass is 19.1. The van der Waals surface area contributed by atoms with Crippen LogP contribution in [0.5, 0.6) is 5.75 Å². The number of carbonyl (C=O) groups excluding carboxylic acids is 1. The van der Waals surface area contributed by atoms with Crippen LogP contribution in [0.25, 0.3) is 11.1 Å². The lowest BCUT2D eigenvalue weighted by Crippen LogP contribution is -2.53. The summed E-state index contributed by atoms with van der Waals surface area (Å²) in [5, 5.41) is 3.08. The Labute approximate surface area is 201 Å². The van der Waals surface area contributed by atoms with Crippen molar-refractivity contribution in [1.29, 1.82) is 0 Å². The summed E-state index contributed by atoms with van der Waals surface area (Å²) in [6, 6.07) is 10.8. The Morgan fingerprint density at radius 3 is 2.47 bits per heavy atom. The van der Waals surface area contributed by atoms with E-state index in [2.05, 4.69) is 24.1 Å². The first-order valence-electron chi connectivity index (χ1n) is 12.5. The van der Waals surface area contributed by atoms with E-state index in [0.29, 0.717) is 11.5 Å². The molecular weight excluding hydrogens is 431 g/mol. The van der Waals surface area contributed by atoms with E-state index in [1.807, 2.05) is 44.2 Å². The van der Waals surface area contributed by atoms with Crippen molar-refractivity contribution < 1.29 is 18.7 Å². The molecule has 2 bridgehead atoms. The minimum atomic E-state index is -0.394. The highest BCUT2D eigenvalue weighted by Crippen LogP contribution is 2.47. The third-order valence-electron chi connectivity index (χ3n) is 7.62. The fraction of sp³-hybridized carbons (Fsp3) is 0.536. The van der Waals surface area contributed by atoms with E-state index in [4.69, 9.17) is 9.47 Å². The van der Waals surface area contributed by atoms with E-state index >= 15 is 4.39 Å². The minimum Gasteiger partial charge on any atom is -0.491 e.